The maximum absolute atomic E-state index is 12.1. The number of rotatable bonds is 6. The van der Waals surface area contributed by atoms with Gasteiger partial charge in [-0.15, -0.1) is 0 Å². The summed E-state index contributed by atoms with van der Waals surface area (Å²) in [7, 11) is 0. The zero-order valence-corrected chi connectivity index (χ0v) is 14.9. The second-order valence-electron chi connectivity index (χ2n) is 6.39. The number of ether oxygens (including phenoxy) is 2. The van der Waals surface area contributed by atoms with Gasteiger partial charge < -0.3 is 26.0 Å². The number of anilines is 2. The van der Waals surface area contributed by atoms with Gasteiger partial charge in [-0.2, -0.15) is 0 Å². The van der Waals surface area contributed by atoms with Gasteiger partial charge in [0.15, 0.2) is 5.78 Å². The van der Waals surface area contributed by atoms with E-state index in [4.69, 9.17) is 20.9 Å². The zero-order valence-electron chi connectivity index (χ0n) is 14.9. The maximum Gasteiger partial charge on any atom is 0.341 e. The number of nitrogen functional groups attached to an aromatic ring is 2. The topological polar surface area (TPSA) is 125 Å². The van der Waals surface area contributed by atoms with Gasteiger partial charge in [-0.05, 0) is 56.3 Å². The molecule has 0 aliphatic heterocycles. The minimum absolute atomic E-state index is 0.226. The van der Waals surface area contributed by atoms with Crippen LogP contribution in [0.15, 0.2) is 42.5 Å². The van der Waals surface area contributed by atoms with E-state index in [2.05, 4.69) is 0 Å². The number of hydrogen-bond acceptors (Lipinski definition) is 7. The second kappa shape index (κ2) is 7.45. The molecule has 2 aromatic carbocycles. The van der Waals surface area contributed by atoms with E-state index >= 15 is 0 Å². The predicted molar refractivity (Wildman–Crippen MR) is 97.8 cm³/mol. The Bertz CT molecular complexity index is 789. The number of ketones is 1. The molecule has 0 aliphatic rings. The van der Waals surface area contributed by atoms with Crippen molar-refractivity contribution < 1.29 is 24.2 Å². The third-order valence-electron chi connectivity index (χ3n) is 3.46. The van der Waals surface area contributed by atoms with Gasteiger partial charge in [-0.3, -0.25) is 4.79 Å². The molecule has 0 aliphatic carbocycles. The highest BCUT2D eigenvalue weighted by Crippen LogP contribution is 2.19. The molecule has 0 saturated carbocycles. The molecule has 0 bridgehead atoms. The lowest BCUT2D eigenvalue weighted by atomic mass is 9.97. The van der Waals surface area contributed by atoms with E-state index < -0.39 is 23.6 Å². The predicted octanol–water partition coefficient (Wildman–Crippen LogP) is 2.39. The van der Waals surface area contributed by atoms with E-state index in [-0.39, 0.29) is 5.56 Å². The van der Waals surface area contributed by atoms with Crippen LogP contribution in [0.4, 0.5) is 11.4 Å². The van der Waals surface area contributed by atoms with Crippen molar-refractivity contribution in [1.82, 2.24) is 0 Å². The molecular weight excluding hydrogens is 336 g/mol. The van der Waals surface area contributed by atoms with Gasteiger partial charge in [0.2, 0.25) is 6.29 Å². The molecule has 0 aromatic heterocycles. The van der Waals surface area contributed by atoms with Gasteiger partial charge >= 0.3 is 5.97 Å². The standard InChI is InChI=1S/C19H22N2O5/c1-11(26-18(23)13-8-14(20)10-15(21)9-13)25-16-6-4-12(5-7-16)17(22)19(2,3)24/h4-11,24H,20-21H2,1-3H3. The van der Waals surface area contributed by atoms with Crippen LogP contribution in [0.5, 0.6) is 5.75 Å². The Morgan fingerprint density at radius 3 is 2.04 bits per heavy atom. The Hall–Kier alpha value is -3.06. The molecule has 5 N–H and O–H groups in total. The van der Waals surface area contributed by atoms with Crippen molar-refractivity contribution in [2.45, 2.75) is 32.7 Å². The van der Waals surface area contributed by atoms with Gasteiger partial charge in [0, 0.05) is 23.9 Å². The number of nitrogens with two attached hydrogens (primary N) is 2. The van der Waals surface area contributed by atoms with Crippen molar-refractivity contribution in [1.29, 1.82) is 0 Å². The largest absolute Gasteiger partial charge is 0.455 e. The number of aliphatic hydroxyl groups is 1. The average molecular weight is 358 g/mol. The van der Waals surface area contributed by atoms with Crippen LogP contribution in [0.3, 0.4) is 0 Å². The first-order valence-electron chi connectivity index (χ1n) is 7.97. The van der Waals surface area contributed by atoms with Crippen molar-refractivity contribution in [2.24, 2.45) is 0 Å². The van der Waals surface area contributed by atoms with Crippen LogP contribution in [0, 0.1) is 0 Å². The quantitative estimate of drug-likeness (QED) is 0.313. The Kier molecular flexibility index (Phi) is 5.52. The van der Waals surface area contributed by atoms with E-state index in [9.17, 15) is 14.7 Å². The second-order valence-corrected chi connectivity index (χ2v) is 6.39. The smallest absolute Gasteiger partial charge is 0.341 e. The fraction of sp³-hybridized carbons (Fsp3) is 0.263. The number of carbonyl (C=O) groups is 2. The average Bonchev–Trinajstić information content (AvgIpc) is 2.53. The summed E-state index contributed by atoms with van der Waals surface area (Å²) in [6.45, 7) is 4.40. The highest BCUT2D eigenvalue weighted by molar-refractivity contribution is 6.01. The van der Waals surface area contributed by atoms with E-state index in [1.165, 1.54) is 44.2 Å². The third-order valence-corrected chi connectivity index (χ3v) is 3.46. The van der Waals surface area contributed by atoms with Crippen LogP contribution in [-0.2, 0) is 4.74 Å². The number of esters is 1. The van der Waals surface area contributed by atoms with Crippen molar-refractivity contribution in [3.63, 3.8) is 0 Å². The van der Waals surface area contributed by atoms with Gasteiger partial charge in [0.25, 0.3) is 0 Å². The molecule has 0 spiro atoms. The van der Waals surface area contributed by atoms with E-state index in [1.807, 2.05) is 0 Å². The van der Waals surface area contributed by atoms with Crippen LogP contribution in [-0.4, -0.2) is 28.8 Å². The van der Waals surface area contributed by atoms with Crippen molar-refractivity contribution >= 4 is 23.1 Å². The van der Waals surface area contributed by atoms with E-state index in [1.54, 1.807) is 19.1 Å². The summed E-state index contributed by atoms with van der Waals surface area (Å²) in [5, 5.41) is 9.74. The summed E-state index contributed by atoms with van der Waals surface area (Å²) in [6, 6.07) is 10.6. The fourth-order valence-corrected chi connectivity index (χ4v) is 2.27. The van der Waals surface area contributed by atoms with E-state index in [0.29, 0.717) is 22.7 Å². The molecule has 2 rings (SSSR count). The summed E-state index contributed by atoms with van der Waals surface area (Å²) in [6.07, 6.45) is -0.874. The molecule has 138 valence electrons. The SMILES string of the molecule is CC(OC(=O)c1cc(N)cc(N)c1)Oc1ccc(C(=O)C(C)(C)O)cc1. The Labute approximate surface area is 151 Å². The van der Waals surface area contributed by atoms with Crippen molar-refractivity contribution in [3.8, 4) is 5.75 Å². The summed E-state index contributed by atoms with van der Waals surface area (Å²) in [4.78, 5) is 24.1. The maximum atomic E-state index is 12.1. The Morgan fingerprint density at radius 1 is 1.00 bits per heavy atom. The number of Topliss-reactive ketones (excluding diaryl/α,β-unsaturated/α-hetero) is 1. The van der Waals surface area contributed by atoms with Crippen molar-refractivity contribution in [3.05, 3.63) is 53.6 Å². The minimum Gasteiger partial charge on any atom is -0.455 e. The summed E-state index contributed by atoms with van der Waals surface area (Å²) in [5.41, 5.74) is 11.2. The summed E-state index contributed by atoms with van der Waals surface area (Å²) < 4.78 is 10.7. The first kappa shape index (κ1) is 19.3. The van der Waals surface area contributed by atoms with Crippen LogP contribution < -0.4 is 16.2 Å². The lowest BCUT2D eigenvalue weighted by Gasteiger charge is -2.17. The normalized spacial score (nSPS) is 12.3. The highest BCUT2D eigenvalue weighted by Gasteiger charge is 2.25. The zero-order chi connectivity index (χ0) is 19.5. The molecule has 2 aromatic rings. The first-order valence-corrected chi connectivity index (χ1v) is 7.97. The van der Waals surface area contributed by atoms with Gasteiger partial charge in [0.1, 0.15) is 11.4 Å². The molecule has 0 amide bonds. The monoisotopic (exact) mass is 358 g/mol. The number of hydrogen-bond donors (Lipinski definition) is 3. The van der Waals surface area contributed by atoms with Crippen LogP contribution in [0.2, 0.25) is 0 Å². The molecule has 0 fully saturated rings. The van der Waals surface area contributed by atoms with Gasteiger partial charge in [-0.25, -0.2) is 4.79 Å². The first-order chi connectivity index (χ1) is 12.1. The summed E-state index contributed by atoms with van der Waals surface area (Å²) in [5.74, 6) is -0.613. The molecule has 0 radical (unpaired) electrons. The van der Waals surface area contributed by atoms with E-state index in [0.717, 1.165) is 0 Å². The molecule has 1 atom stereocenters. The highest BCUT2D eigenvalue weighted by atomic mass is 16.7. The van der Waals surface area contributed by atoms with Crippen LogP contribution >= 0.6 is 0 Å². The molecule has 1 unspecified atom stereocenters. The Morgan fingerprint density at radius 2 is 1.54 bits per heavy atom. The molecule has 7 heteroatoms. The number of benzene rings is 2. The fourth-order valence-electron chi connectivity index (χ4n) is 2.27. The molecular formula is C19H22N2O5. The molecule has 0 heterocycles. The minimum atomic E-state index is -1.45. The molecule has 7 nitrogen and oxygen atoms in total. The lowest BCUT2D eigenvalue weighted by Crippen LogP contribution is -2.31. The van der Waals surface area contributed by atoms with Gasteiger partial charge in [0.05, 0.1) is 5.56 Å². The molecule has 0 saturated heterocycles. The summed E-state index contributed by atoms with van der Waals surface area (Å²) >= 11 is 0. The third kappa shape index (κ3) is 4.97. The van der Waals surface area contributed by atoms with Crippen LogP contribution in [0.25, 0.3) is 0 Å². The van der Waals surface area contributed by atoms with Crippen molar-refractivity contribution in [2.75, 3.05) is 11.5 Å². The number of carbonyl (C=O) groups excluding carboxylic acids is 2. The Balaban J connectivity index is 2.00. The molecule has 26 heavy (non-hydrogen) atoms. The lowest BCUT2D eigenvalue weighted by molar-refractivity contribution is -0.0371. The van der Waals surface area contributed by atoms with Gasteiger partial charge in [-0.1, -0.05) is 0 Å². The van der Waals surface area contributed by atoms with Crippen LogP contribution in [0.1, 0.15) is 41.5 Å².